The third-order valence-electron chi connectivity index (χ3n) is 3.55. The smallest absolute Gasteiger partial charge is 0.0783 e. The number of likely N-dealkylation sites (tertiary alicyclic amines) is 1. The van der Waals surface area contributed by atoms with Crippen LogP contribution in [0.3, 0.4) is 0 Å². The molecule has 1 saturated heterocycles. The fourth-order valence-corrected chi connectivity index (χ4v) is 2.26. The minimum Gasteiger partial charge on any atom is -0.389 e. The molecule has 1 heterocycles. The topological polar surface area (TPSA) is 23.5 Å². The predicted molar refractivity (Wildman–Crippen MR) is 55.7 cm³/mol. The van der Waals surface area contributed by atoms with Gasteiger partial charge in [0.1, 0.15) is 0 Å². The number of aliphatic hydroxyl groups is 1. The maximum absolute atomic E-state index is 10.0. The van der Waals surface area contributed by atoms with Crippen LogP contribution in [-0.4, -0.2) is 34.7 Å². The molecule has 1 aliphatic heterocycles. The van der Waals surface area contributed by atoms with E-state index in [-0.39, 0.29) is 0 Å². The fraction of sp³-hybridized carbons (Fsp3) is 1.00. The van der Waals surface area contributed by atoms with Crippen molar-refractivity contribution in [2.24, 2.45) is 5.92 Å². The second-order valence-electron chi connectivity index (χ2n) is 4.66. The van der Waals surface area contributed by atoms with Crippen LogP contribution in [0.25, 0.3) is 0 Å². The van der Waals surface area contributed by atoms with Crippen LogP contribution in [0.1, 0.15) is 40.5 Å². The molecule has 0 amide bonds. The second-order valence-corrected chi connectivity index (χ2v) is 4.66. The summed E-state index contributed by atoms with van der Waals surface area (Å²) < 4.78 is 0. The van der Waals surface area contributed by atoms with E-state index >= 15 is 0 Å². The summed E-state index contributed by atoms with van der Waals surface area (Å²) in [6.07, 6.45) is 2.39. The largest absolute Gasteiger partial charge is 0.389 e. The van der Waals surface area contributed by atoms with Gasteiger partial charge in [-0.25, -0.2) is 0 Å². The Morgan fingerprint density at radius 1 is 1.46 bits per heavy atom. The summed E-state index contributed by atoms with van der Waals surface area (Å²) in [5, 5.41) is 10.0. The summed E-state index contributed by atoms with van der Waals surface area (Å²) in [5.74, 6) is 0.410. The lowest BCUT2D eigenvalue weighted by molar-refractivity contribution is 0.0334. The monoisotopic (exact) mass is 185 g/mol. The quantitative estimate of drug-likeness (QED) is 0.725. The van der Waals surface area contributed by atoms with Crippen molar-refractivity contribution >= 4 is 0 Å². The highest BCUT2D eigenvalue weighted by molar-refractivity contribution is 4.93. The molecule has 1 aliphatic rings. The van der Waals surface area contributed by atoms with Crippen LogP contribution in [0.15, 0.2) is 0 Å². The van der Waals surface area contributed by atoms with Crippen molar-refractivity contribution in [2.75, 3.05) is 13.1 Å². The van der Waals surface area contributed by atoms with E-state index in [0.29, 0.717) is 12.0 Å². The molecule has 0 aromatic rings. The van der Waals surface area contributed by atoms with E-state index in [0.717, 1.165) is 13.1 Å². The summed E-state index contributed by atoms with van der Waals surface area (Å²) in [6, 6.07) is 0.663. The average molecular weight is 185 g/mol. The highest BCUT2D eigenvalue weighted by Crippen LogP contribution is 2.29. The molecule has 0 radical (unpaired) electrons. The molecular weight excluding hydrogens is 162 g/mol. The lowest BCUT2D eigenvalue weighted by atomic mass is 9.95. The van der Waals surface area contributed by atoms with Gasteiger partial charge in [-0.05, 0) is 25.7 Å². The van der Waals surface area contributed by atoms with Gasteiger partial charge in [-0.2, -0.15) is 0 Å². The molecule has 1 rings (SSSR count). The van der Waals surface area contributed by atoms with Gasteiger partial charge in [0.05, 0.1) is 5.60 Å². The van der Waals surface area contributed by atoms with Crippen molar-refractivity contribution in [3.63, 3.8) is 0 Å². The second kappa shape index (κ2) is 3.97. The molecule has 78 valence electrons. The maximum Gasteiger partial charge on any atom is 0.0783 e. The molecular formula is C11H23NO. The van der Waals surface area contributed by atoms with Crippen LogP contribution in [0.4, 0.5) is 0 Å². The number of β-amino-alcohol motifs (C(OH)–C–C–N with tert-alkyl or cyclic N) is 1. The third kappa shape index (κ3) is 2.23. The Hall–Kier alpha value is -0.0800. The van der Waals surface area contributed by atoms with Gasteiger partial charge in [0, 0.05) is 19.1 Å². The Labute approximate surface area is 81.9 Å². The molecule has 0 bridgehead atoms. The Balaban J connectivity index is 2.57. The predicted octanol–water partition coefficient (Wildman–Crippen LogP) is 1.88. The minimum absolute atomic E-state index is 0.410. The van der Waals surface area contributed by atoms with Crippen molar-refractivity contribution in [2.45, 2.75) is 52.2 Å². The summed E-state index contributed by atoms with van der Waals surface area (Å²) in [7, 11) is 0. The van der Waals surface area contributed by atoms with E-state index in [2.05, 4.69) is 25.7 Å². The molecule has 0 spiro atoms. The lowest BCUT2D eigenvalue weighted by Crippen LogP contribution is -2.36. The Morgan fingerprint density at radius 2 is 2.00 bits per heavy atom. The van der Waals surface area contributed by atoms with E-state index in [1.54, 1.807) is 0 Å². The van der Waals surface area contributed by atoms with Crippen LogP contribution in [0.5, 0.6) is 0 Å². The SMILES string of the molecule is CCC(CC)N1C[C@H](C)[C@@](C)(O)C1. The first kappa shape index (κ1) is 11.0. The van der Waals surface area contributed by atoms with Gasteiger partial charge >= 0.3 is 0 Å². The van der Waals surface area contributed by atoms with E-state index in [9.17, 15) is 5.11 Å². The molecule has 13 heavy (non-hydrogen) atoms. The summed E-state index contributed by atoms with van der Waals surface area (Å²) >= 11 is 0. The highest BCUT2D eigenvalue weighted by Gasteiger charge is 2.39. The molecule has 1 fully saturated rings. The molecule has 2 nitrogen and oxygen atoms in total. The van der Waals surface area contributed by atoms with Crippen LogP contribution < -0.4 is 0 Å². The summed E-state index contributed by atoms with van der Waals surface area (Å²) in [5.41, 5.74) is -0.470. The number of nitrogens with zero attached hydrogens (tertiary/aromatic N) is 1. The molecule has 2 atom stereocenters. The van der Waals surface area contributed by atoms with E-state index < -0.39 is 5.60 Å². The van der Waals surface area contributed by atoms with Gasteiger partial charge in [-0.1, -0.05) is 20.8 Å². The molecule has 1 N–H and O–H groups in total. The first-order valence-electron chi connectivity index (χ1n) is 5.47. The highest BCUT2D eigenvalue weighted by atomic mass is 16.3. The van der Waals surface area contributed by atoms with Gasteiger partial charge in [0.15, 0.2) is 0 Å². The molecule has 0 aliphatic carbocycles. The van der Waals surface area contributed by atoms with E-state index in [4.69, 9.17) is 0 Å². The van der Waals surface area contributed by atoms with Gasteiger partial charge in [0.2, 0.25) is 0 Å². The van der Waals surface area contributed by atoms with Gasteiger partial charge < -0.3 is 5.11 Å². The first-order valence-corrected chi connectivity index (χ1v) is 5.47. The third-order valence-corrected chi connectivity index (χ3v) is 3.55. The fourth-order valence-electron chi connectivity index (χ4n) is 2.26. The van der Waals surface area contributed by atoms with Crippen LogP contribution in [0, 0.1) is 5.92 Å². The number of rotatable bonds is 3. The zero-order chi connectivity index (χ0) is 10.1. The normalized spacial score (nSPS) is 36.0. The van der Waals surface area contributed by atoms with Crippen LogP contribution >= 0.6 is 0 Å². The molecule has 0 saturated carbocycles. The van der Waals surface area contributed by atoms with Crippen molar-refractivity contribution in [1.29, 1.82) is 0 Å². The first-order chi connectivity index (χ1) is 6.01. The van der Waals surface area contributed by atoms with Crippen molar-refractivity contribution in [3.8, 4) is 0 Å². The lowest BCUT2D eigenvalue weighted by Gasteiger charge is -2.26. The molecule has 2 heteroatoms. The minimum atomic E-state index is -0.470. The summed E-state index contributed by atoms with van der Waals surface area (Å²) in [4.78, 5) is 2.44. The molecule has 0 aromatic heterocycles. The Morgan fingerprint density at radius 3 is 2.31 bits per heavy atom. The van der Waals surface area contributed by atoms with Gasteiger partial charge in [-0.15, -0.1) is 0 Å². The van der Waals surface area contributed by atoms with Gasteiger partial charge in [-0.3, -0.25) is 4.90 Å². The average Bonchev–Trinajstić information content (AvgIpc) is 2.29. The maximum atomic E-state index is 10.0. The van der Waals surface area contributed by atoms with Crippen molar-refractivity contribution < 1.29 is 5.11 Å². The molecule has 0 unspecified atom stereocenters. The standard InChI is InChI=1S/C11H23NO/c1-5-10(6-2)12-7-9(3)11(4,13)8-12/h9-10,13H,5-8H2,1-4H3/t9-,11-/m0/s1. The number of hydrogen-bond donors (Lipinski definition) is 1. The van der Waals surface area contributed by atoms with E-state index in [1.165, 1.54) is 12.8 Å². The molecule has 0 aromatic carbocycles. The van der Waals surface area contributed by atoms with Crippen LogP contribution in [-0.2, 0) is 0 Å². The summed E-state index contributed by atoms with van der Waals surface area (Å²) in [6.45, 7) is 10.5. The zero-order valence-electron chi connectivity index (χ0n) is 9.38. The number of hydrogen-bond acceptors (Lipinski definition) is 2. The van der Waals surface area contributed by atoms with Gasteiger partial charge in [0.25, 0.3) is 0 Å². The van der Waals surface area contributed by atoms with Crippen LogP contribution in [0.2, 0.25) is 0 Å². The van der Waals surface area contributed by atoms with E-state index in [1.807, 2.05) is 6.92 Å². The Kier molecular flexibility index (Phi) is 3.36. The van der Waals surface area contributed by atoms with Crippen molar-refractivity contribution in [3.05, 3.63) is 0 Å². The Bertz CT molecular complexity index is 163. The zero-order valence-corrected chi connectivity index (χ0v) is 9.38. The van der Waals surface area contributed by atoms with Crippen molar-refractivity contribution in [1.82, 2.24) is 4.90 Å².